The maximum Gasteiger partial charge on any atom is 0.389 e. The van der Waals surface area contributed by atoms with Crippen LogP contribution in [0.5, 0.6) is 0 Å². The lowest BCUT2D eigenvalue weighted by molar-refractivity contribution is -0.167. The first-order chi connectivity index (χ1) is 20.1. The number of nitrogens with zero attached hydrogens (tertiary/aromatic N) is 6. The van der Waals surface area contributed by atoms with Crippen LogP contribution in [0.3, 0.4) is 0 Å². The van der Waals surface area contributed by atoms with E-state index in [1.165, 1.54) is 4.90 Å². The number of carbonyl (C=O) groups is 2. The van der Waals surface area contributed by atoms with Crippen molar-refractivity contribution in [2.24, 2.45) is 0 Å². The minimum atomic E-state index is -4.35. The molecule has 3 aliphatic rings. The monoisotopic (exact) mass is 583 g/mol. The molecule has 1 aromatic carbocycles. The number of benzene rings is 1. The van der Waals surface area contributed by atoms with Gasteiger partial charge in [-0.3, -0.25) is 9.59 Å². The Labute approximate surface area is 240 Å². The highest BCUT2D eigenvalue weighted by atomic mass is 19.4. The van der Waals surface area contributed by atoms with Crippen molar-refractivity contribution < 1.29 is 27.5 Å². The molecule has 1 N–H and O–H groups in total. The molecule has 222 valence electrons. The molecule has 3 aromatic rings. The number of amides is 2. The third-order valence-electron chi connectivity index (χ3n) is 7.97. The standard InChI is InChI=1S/C29H32F3N7O3/c1-36-15-16-42-28(17-36)18-38(19-28)26(41)21-4-6-22(7-5-21)33-27-34-25-23(3-2-12-39(25)35-27)20-9-13-37(14-10-20)24(40)8-11-29(30,31)32/h2-7,9,12H,8,10-11,13-19H2,1H3,(H,33,35). The molecule has 2 amide bonds. The first-order valence-corrected chi connectivity index (χ1v) is 14.0. The molecule has 0 atom stereocenters. The lowest BCUT2D eigenvalue weighted by Gasteiger charge is -2.53. The third kappa shape index (κ3) is 5.97. The summed E-state index contributed by atoms with van der Waals surface area (Å²) >= 11 is 0. The highest BCUT2D eigenvalue weighted by molar-refractivity contribution is 5.95. The Morgan fingerprint density at radius 2 is 1.86 bits per heavy atom. The molecule has 0 saturated carbocycles. The molecule has 6 rings (SSSR count). The molecule has 0 aliphatic carbocycles. The van der Waals surface area contributed by atoms with Gasteiger partial charge in [-0.25, -0.2) is 4.52 Å². The van der Waals surface area contributed by atoms with Crippen LogP contribution in [0.2, 0.25) is 0 Å². The molecule has 2 fully saturated rings. The summed E-state index contributed by atoms with van der Waals surface area (Å²) in [6.45, 7) is 4.19. The number of hydrogen-bond donors (Lipinski definition) is 1. The summed E-state index contributed by atoms with van der Waals surface area (Å²) in [6, 6.07) is 10.9. The van der Waals surface area contributed by atoms with E-state index >= 15 is 0 Å². The number of morpholine rings is 1. The van der Waals surface area contributed by atoms with Gasteiger partial charge in [-0.2, -0.15) is 18.2 Å². The summed E-state index contributed by atoms with van der Waals surface area (Å²) in [5, 5.41) is 7.71. The van der Waals surface area contributed by atoms with Crippen LogP contribution in [0.1, 0.15) is 35.2 Å². The maximum absolute atomic E-state index is 13.0. The van der Waals surface area contributed by atoms with Gasteiger partial charge in [0.25, 0.3) is 5.91 Å². The molecule has 2 aromatic heterocycles. The van der Waals surface area contributed by atoms with E-state index in [2.05, 4.69) is 27.3 Å². The van der Waals surface area contributed by atoms with Crippen molar-refractivity contribution in [3.63, 3.8) is 0 Å². The van der Waals surface area contributed by atoms with Crippen molar-refractivity contribution in [2.45, 2.75) is 31.0 Å². The number of ether oxygens (including phenoxy) is 1. The highest BCUT2D eigenvalue weighted by Crippen LogP contribution is 2.31. The first kappa shape index (κ1) is 28.2. The number of alkyl halides is 3. The fourth-order valence-corrected chi connectivity index (χ4v) is 5.78. The van der Waals surface area contributed by atoms with Crippen LogP contribution in [-0.4, -0.2) is 106 Å². The second-order valence-corrected chi connectivity index (χ2v) is 11.2. The number of nitrogens with one attached hydrogen (secondary N) is 1. The van der Waals surface area contributed by atoms with Crippen LogP contribution in [0.4, 0.5) is 24.8 Å². The summed E-state index contributed by atoms with van der Waals surface area (Å²) in [4.78, 5) is 35.3. The van der Waals surface area contributed by atoms with Gasteiger partial charge in [0.05, 0.1) is 26.1 Å². The van der Waals surface area contributed by atoms with E-state index in [-0.39, 0.29) is 18.1 Å². The molecule has 3 aliphatic heterocycles. The molecule has 5 heterocycles. The molecule has 2 saturated heterocycles. The number of likely N-dealkylation sites (N-methyl/N-ethyl adjacent to an activating group) is 1. The zero-order valence-electron chi connectivity index (χ0n) is 23.2. The van der Waals surface area contributed by atoms with Gasteiger partial charge >= 0.3 is 6.18 Å². The number of anilines is 2. The molecule has 1 spiro atoms. The number of fused-ring (bicyclic) bond motifs is 1. The normalized spacial score (nSPS) is 19.1. The lowest BCUT2D eigenvalue weighted by atomic mass is 9.91. The predicted molar refractivity (Wildman–Crippen MR) is 149 cm³/mol. The van der Waals surface area contributed by atoms with Gasteiger partial charge in [-0.15, -0.1) is 5.10 Å². The number of carbonyl (C=O) groups excluding carboxylic acids is 2. The maximum atomic E-state index is 13.0. The Hall–Kier alpha value is -3.97. The number of halogens is 3. The van der Waals surface area contributed by atoms with Crippen LogP contribution in [0, 0.1) is 0 Å². The fraction of sp³-hybridized carbons (Fsp3) is 0.448. The zero-order chi connectivity index (χ0) is 29.5. The van der Waals surface area contributed by atoms with E-state index in [1.54, 1.807) is 22.8 Å². The Kier molecular flexibility index (Phi) is 7.39. The summed E-state index contributed by atoms with van der Waals surface area (Å²) < 4.78 is 45.1. The van der Waals surface area contributed by atoms with Crippen LogP contribution >= 0.6 is 0 Å². The SMILES string of the molecule is CN1CCOC2(C1)CN(C(=O)c1ccc(Nc3nc4c(C5=CCN(C(=O)CCC(F)(F)F)CC5)cccn4n3)cc1)C2. The molecular formula is C29H32F3N7O3. The largest absolute Gasteiger partial charge is 0.389 e. The average Bonchev–Trinajstić information content (AvgIpc) is 3.37. The topological polar surface area (TPSA) is 95.3 Å². The summed E-state index contributed by atoms with van der Waals surface area (Å²) in [5.74, 6) is -0.145. The van der Waals surface area contributed by atoms with Gasteiger partial charge in [-0.1, -0.05) is 6.08 Å². The Balaban J connectivity index is 1.08. The average molecular weight is 584 g/mol. The Bertz CT molecular complexity index is 1510. The fourth-order valence-electron chi connectivity index (χ4n) is 5.78. The van der Waals surface area contributed by atoms with Gasteiger partial charge in [0.15, 0.2) is 5.65 Å². The van der Waals surface area contributed by atoms with Gasteiger partial charge < -0.3 is 24.8 Å². The Morgan fingerprint density at radius 1 is 1.07 bits per heavy atom. The van der Waals surface area contributed by atoms with Crippen molar-refractivity contribution >= 4 is 34.7 Å². The molecular weight excluding hydrogens is 551 g/mol. The van der Waals surface area contributed by atoms with Crippen LogP contribution in [0.25, 0.3) is 11.2 Å². The van der Waals surface area contributed by atoms with Gasteiger partial charge in [0, 0.05) is 55.6 Å². The van der Waals surface area contributed by atoms with Crippen LogP contribution in [-0.2, 0) is 9.53 Å². The quantitative estimate of drug-likeness (QED) is 0.474. The highest BCUT2D eigenvalue weighted by Gasteiger charge is 2.48. The number of rotatable bonds is 6. The van der Waals surface area contributed by atoms with Crippen molar-refractivity contribution in [3.05, 3.63) is 59.8 Å². The number of pyridine rings is 1. The summed E-state index contributed by atoms with van der Waals surface area (Å²) in [6.07, 6.45) is -1.85. The van der Waals surface area contributed by atoms with Crippen LogP contribution < -0.4 is 5.32 Å². The smallest absolute Gasteiger partial charge is 0.369 e. The van der Waals surface area contributed by atoms with Gasteiger partial charge in [0.1, 0.15) is 5.60 Å². The molecule has 0 bridgehead atoms. The molecule has 0 unspecified atom stereocenters. The first-order valence-electron chi connectivity index (χ1n) is 14.0. The molecule has 10 nitrogen and oxygen atoms in total. The Morgan fingerprint density at radius 3 is 2.55 bits per heavy atom. The molecule has 13 heteroatoms. The summed E-state index contributed by atoms with van der Waals surface area (Å²) in [5.41, 5.74) is 3.50. The summed E-state index contributed by atoms with van der Waals surface area (Å²) in [7, 11) is 2.07. The van der Waals surface area contributed by atoms with E-state index in [0.29, 0.717) is 49.8 Å². The number of likely N-dealkylation sites (tertiary alicyclic amines) is 1. The second-order valence-electron chi connectivity index (χ2n) is 11.2. The molecule has 0 radical (unpaired) electrons. The number of hydrogen-bond acceptors (Lipinski definition) is 7. The third-order valence-corrected chi connectivity index (χ3v) is 7.97. The predicted octanol–water partition coefficient (Wildman–Crippen LogP) is 3.59. The van der Waals surface area contributed by atoms with Gasteiger partial charge in [-0.05, 0) is 55.4 Å². The molecule has 42 heavy (non-hydrogen) atoms. The van der Waals surface area contributed by atoms with E-state index in [4.69, 9.17) is 4.74 Å². The minimum Gasteiger partial charge on any atom is -0.369 e. The number of aromatic nitrogens is 3. The van der Waals surface area contributed by atoms with Gasteiger partial charge in [0.2, 0.25) is 11.9 Å². The van der Waals surface area contributed by atoms with E-state index in [9.17, 15) is 22.8 Å². The van der Waals surface area contributed by atoms with E-state index in [0.717, 1.165) is 29.9 Å². The lowest BCUT2D eigenvalue weighted by Crippen LogP contribution is -2.70. The van der Waals surface area contributed by atoms with Crippen molar-refractivity contribution in [3.8, 4) is 0 Å². The second kappa shape index (κ2) is 11.0. The minimum absolute atomic E-state index is 0.0270. The van der Waals surface area contributed by atoms with Crippen molar-refractivity contribution in [1.29, 1.82) is 0 Å². The van der Waals surface area contributed by atoms with Crippen molar-refractivity contribution in [1.82, 2.24) is 29.3 Å². The van der Waals surface area contributed by atoms with Crippen LogP contribution in [0.15, 0.2) is 48.7 Å². The van der Waals surface area contributed by atoms with Crippen molar-refractivity contribution in [2.75, 3.05) is 58.2 Å². The van der Waals surface area contributed by atoms with E-state index in [1.807, 2.05) is 35.2 Å². The van der Waals surface area contributed by atoms with E-state index < -0.39 is 24.9 Å². The zero-order valence-corrected chi connectivity index (χ0v) is 23.2.